The molecule has 2 aliphatic rings. The van der Waals surface area contributed by atoms with E-state index in [1.807, 2.05) is 44.2 Å². The van der Waals surface area contributed by atoms with Crippen LogP contribution in [0.5, 0.6) is 0 Å². The van der Waals surface area contributed by atoms with Crippen LogP contribution in [0, 0.1) is 6.92 Å². The highest BCUT2D eigenvalue weighted by Gasteiger charge is 2.48. The number of benzene rings is 1. The molecule has 1 aromatic carbocycles. The zero-order chi connectivity index (χ0) is 23.7. The van der Waals surface area contributed by atoms with E-state index in [1.165, 1.54) is 12.8 Å². The van der Waals surface area contributed by atoms with Crippen LogP contribution in [0.3, 0.4) is 0 Å². The maximum atomic E-state index is 13.8. The van der Waals surface area contributed by atoms with Gasteiger partial charge in [-0.1, -0.05) is 55.5 Å². The summed E-state index contributed by atoms with van der Waals surface area (Å²) in [5, 5.41) is 7.92. The molecule has 1 atom stereocenters. The summed E-state index contributed by atoms with van der Waals surface area (Å²) in [6.07, 6.45) is 8.25. The van der Waals surface area contributed by atoms with Gasteiger partial charge in [0.15, 0.2) is 5.76 Å². The number of hydrogen-bond donors (Lipinski definition) is 1. The monoisotopic (exact) mass is 460 g/mol. The van der Waals surface area contributed by atoms with Crippen LogP contribution in [-0.4, -0.2) is 38.1 Å². The summed E-state index contributed by atoms with van der Waals surface area (Å²) in [5.74, 6) is 0.292. The van der Waals surface area contributed by atoms with E-state index in [0.29, 0.717) is 30.2 Å². The average Bonchev–Trinajstić information content (AvgIpc) is 3.43. The zero-order valence-electron chi connectivity index (χ0n) is 19.9. The normalized spacial score (nSPS) is 21.2. The van der Waals surface area contributed by atoms with Crippen molar-refractivity contribution in [3.63, 3.8) is 0 Å². The smallest absolute Gasteiger partial charge is 0.273 e. The van der Waals surface area contributed by atoms with Gasteiger partial charge >= 0.3 is 0 Å². The van der Waals surface area contributed by atoms with Gasteiger partial charge in [0, 0.05) is 18.7 Å². The lowest BCUT2D eigenvalue weighted by Gasteiger charge is -2.44. The van der Waals surface area contributed by atoms with Gasteiger partial charge in [0.1, 0.15) is 16.9 Å². The second-order valence-electron chi connectivity index (χ2n) is 9.86. The molecule has 0 bridgehead atoms. The van der Waals surface area contributed by atoms with Crippen LogP contribution in [0.2, 0.25) is 0 Å². The molecule has 0 unspecified atom stereocenters. The third-order valence-corrected chi connectivity index (χ3v) is 7.21. The Balaban J connectivity index is 1.49. The first kappa shape index (κ1) is 22.4. The number of nitrogens with one attached hydrogen (secondary N) is 1. The minimum absolute atomic E-state index is 0.111. The van der Waals surface area contributed by atoms with Gasteiger partial charge in [0.2, 0.25) is 5.91 Å². The van der Waals surface area contributed by atoms with E-state index in [2.05, 4.69) is 10.4 Å². The molecule has 34 heavy (non-hydrogen) atoms. The molecule has 2 aromatic heterocycles. The fraction of sp³-hybridized carbons (Fsp3) is 0.444. The first-order valence-electron chi connectivity index (χ1n) is 12.2. The minimum Gasteiger partial charge on any atom is -0.463 e. The second kappa shape index (κ2) is 9.12. The predicted octanol–water partition coefficient (Wildman–Crippen LogP) is 4.71. The highest BCUT2D eigenvalue weighted by Crippen LogP contribution is 2.32. The number of amides is 2. The van der Waals surface area contributed by atoms with Crippen molar-refractivity contribution in [2.75, 3.05) is 0 Å². The summed E-state index contributed by atoms with van der Waals surface area (Å²) < 4.78 is 7.16. The molecule has 2 amide bonds. The Labute approximate surface area is 200 Å². The Hall–Kier alpha value is -3.35. The highest BCUT2D eigenvalue weighted by atomic mass is 16.3. The number of aryl methyl sites for hydroxylation is 1. The second-order valence-corrected chi connectivity index (χ2v) is 9.86. The number of furan rings is 1. The standard InChI is InChI=1S/C27H32N4O3/c1-19-11-13-20(14-12-19)17-30-25(32)23-16-22(24-10-7-15-34-24)29-31(23)18-27(30,2)26(33)28-21-8-5-3-4-6-9-21/h7,10-16,21H,3-6,8-9,17-18H2,1-2H3,(H,28,33)/t27-/m1/s1. The molecule has 7 nitrogen and oxygen atoms in total. The highest BCUT2D eigenvalue weighted by molar-refractivity contribution is 6.00. The lowest BCUT2D eigenvalue weighted by molar-refractivity contribution is -0.134. The maximum absolute atomic E-state index is 13.8. The molecule has 1 N–H and O–H groups in total. The number of carbonyl (C=O) groups excluding carboxylic acids is 2. The van der Waals surface area contributed by atoms with Crippen molar-refractivity contribution < 1.29 is 14.0 Å². The summed E-state index contributed by atoms with van der Waals surface area (Å²) >= 11 is 0. The van der Waals surface area contributed by atoms with Crippen molar-refractivity contribution in [2.45, 2.75) is 77.0 Å². The number of nitrogens with zero attached hydrogens (tertiary/aromatic N) is 3. The molecule has 0 spiro atoms. The van der Waals surface area contributed by atoms with E-state index in [-0.39, 0.29) is 17.9 Å². The van der Waals surface area contributed by atoms with E-state index in [1.54, 1.807) is 28.0 Å². The van der Waals surface area contributed by atoms with Crippen LogP contribution in [0.25, 0.3) is 11.5 Å². The molecule has 1 saturated carbocycles. The van der Waals surface area contributed by atoms with E-state index >= 15 is 0 Å². The fourth-order valence-electron chi connectivity index (χ4n) is 5.07. The Morgan fingerprint density at radius 3 is 2.56 bits per heavy atom. The molecule has 1 aliphatic heterocycles. The van der Waals surface area contributed by atoms with Gasteiger partial charge < -0.3 is 14.6 Å². The summed E-state index contributed by atoms with van der Waals surface area (Å²) in [7, 11) is 0. The Morgan fingerprint density at radius 2 is 1.88 bits per heavy atom. The maximum Gasteiger partial charge on any atom is 0.273 e. The Bertz CT molecular complexity index is 1160. The molecule has 3 aromatic rings. The van der Waals surface area contributed by atoms with Crippen molar-refractivity contribution >= 4 is 11.8 Å². The SMILES string of the molecule is Cc1ccc(CN2C(=O)c3cc(-c4ccco4)nn3C[C@]2(C)C(=O)NC2CCCCCC2)cc1. The van der Waals surface area contributed by atoms with Crippen LogP contribution in [0.4, 0.5) is 0 Å². The molecule has 1 aliphatic carbocycles. The van der Waals surface area contributed by atoms with Crippen LogP contribution >= 0.6 is 0 Å². The summed E-state index contributed by atoms with van der Waals surface area (Å²) in [5.41, 5.74) is 2.15. The number of carbonyl (C=O) groups is 2. The fourth-order valence-corrected chi connectivity index (χ4v) is 5.07. The summed E-state index contributed by atoms with van der Waals surface area (Å²) in [4.78, 5) is 29.3. The molecule has 7 heteroatoms. The lowest BCUT2D eigenvalue weighted by Crippen LogP contribution is -2.64. The molecular formula is C27H32N4O3. The molecule has 5 rings (SSSR count). The van der Waals surface area contributed by atoms with Crippen molar-refractivity contribution in [1.29, 1.82) is 0 Å². The number of hydrogen-bond acceptors (Lipinski definition) is 4. The minimum atomic E-state index is -1.06. The van der Waals surface area contributed by atoms with Crippen molar-refractivity contribution in [1.82, 2.24) is 20.0 Å². The van der Waals surface area contributed by atoms with Crippen molar-refractivity contribution in [3.05, 3.63) is 65.5 Å². The molecule has 1 fully saturated rings. The third-order valence-electron chi connectivity index (χ3n) is 7.21. The first-order valence-corrected chi connectivity index (χ1v) is 12.2. The van der Waals surface area contributed by atoms with Gasteiger partial charge in [-0.15, -0.1) is 0 Å². The van der Waals surface area contributed by atoms with Crippen LogP contribution in [0.15, 0.2) is 53.1 Å². The molecule has 0 saturated heterocycles. The predicted molar refractivity (Wildman–Crippen MR) is 129 cm³/mol. The van der Waals surface area contributed by atoms with Gasteiger partial charge in [0.25, 0.3) is 5.91 Å². The quantitative estimate of drug-likeness (QED) is 0.560. The van der Waals surface area contributed by atoms with E-state index in [0.717, 1.165) is 36.8 Å². The van der Waals surface area contributed by atoms with Crippen molar-refractivity contribution in [2.24, 2.45) is 0 Å². The summed E-state index contributed by atoms with van der Waals surface area (Å²) in [6.45, 7) is 4.55. The first-order chi connectivity index (χ1) is 16.4. The number of rotatable bonds is 5. The Morgan fingerprint density at radius 1 is 1.15 bits per heavy atom. The van der Waals surface area contributed by atoms with Crippen LogP contribution < -0.4 is 5.32 Å². The molecule has 178 valence electrons. The van der Waals surface area contributed by atoms with Crippen LogP contribution in [-0.2, 0) is 17.9 Å². The molecule has 0 radical (unpaired) electrons. The van der Waals surface area contributed by atoms with Gasteiger partial charge in [-0.3, -0.25) is 14.3 Å². The van der Waals surface area contributed by atoms with Gasteiger partial charge in [-0.25, -0.2) is 0 Å². The lowest BCUT2D eigenvalue weighted by atomic mass is 9.93. The van der Waals surface area contributed by atoms with Crippen LogP contribution in [0.1, 0.15) is 67.1 Å². The van der Waals surface area contributed by atoms with Gasteiger partial charge in [0.05, 0.1) is 12.8 Å². The number of fused-ring (bicyclic) bond motifs is 1. The van der Waals surface area contributed by atoms with E-state index in [9.17, 15) is 9.59 Å². The topological polar surface area (TPSA) is 80.4 Å². The third kappa shape index (κ3) is 4.27. The summed E-state index contributed by atoms with van der Waals surface area (Å²) in [6, 6.07) is 13.6. The van der Waals surface area contributed by atoms with Crippen molar-refractivity contribution in [3.8, 4) is 11.5 Å². The zero-order valence-corrected chi connectivity index (χ0v) is 19.9. The van der Waals surface area contributed by atoms with E-state index in [4.69, 9.17) is 4.42 Å². The Kier molecular flexibility index (Phi) is 6.02. The van der Waals surface area contributed by atoms with Gasteiger partial charge in [-0.05, 0) is 44.4 Å². The average molecular weight is 461 g/mol. The number of aromatic nitrogens is 2. The van der Waals surface area contributed by atoms with E-state index < -0.39 is 5.54 Å². The van der Waals surface area contributed by atoms with Gasteiger partial charge in [-0.2, -0.15) is 5.10 Å². The molecule has 3 heterocycles. The largest absolute Gasteiger partial charge is 0.463 e. The molecular weight excluding hydrogens is 428 g/mol.